The molecule has 0 aliphatic carbocycles. The fourth-order valence-electron chi connectivity index (χ4n) is 1.83. The van der Waals surface area contributed by atoms with Gasteiger partial charge in [0.25, 0.3) is 0 Å². The monoisotopic (exact) mass is 276 g/mol. The van der Waals surface area contributed by atoms with E-state index in [4.69, 9.17) is 5.11 Å². The van der Waals surface area contributed by atoms with E-state index in [0.717, 1.165) is 16.5 Å². The normalized spacial score (nSPS) is 10.4. The lowest BCUT2D eigenvalue weighted by molar-refractivity contribution is -0.136. The van der Waals surface area contributed by atoms with Gasteiger partial charge in [-0.05, 0) is 25.0 Å². The first-order valence-electron chi connectivity index (χ1n) is 6.05. The lowest BCUT2D eigenvalue weighted by Gasteiger charge is -2.09. The van der Waals surface area contributed by atoms with Gasteiger partial charge < -0.3 is 10.4 Å². The maximum absolute atomic E-state index is 10.5. The van der Waals surface area contributed by atoms with Crippen LogP contribution in [0.2, 0.25) is 0 Å². The molecule has 4 nitrogen and oxygen atoms in total. The molecule has 1 aromatic carbocycles. The average molecular weight is 276 g/mol. The highest BCUT2D eigenvalue weighted by molar-refractivity contribution is 7.13. The summed E-state index contributed by atoms with van der Waals surface area (Å²) >= 11 is 1.50. The van der Waals surface area contributed by atoms with Crippen LogP contribution in [0.25, 0.3) is 0 Å². The molecule has 0 radical (unpaired) electrons. The number of para-hydroxylation sites is 1. The summed E-state index contributed by atoms with van der Waals surface area (Å²) in [4.78, 5) is 14.9. The van der Waals surface area contributed by atoms with Gasteiger partial charge in [0.1, 0.15) is 0 Å². The van der Waals surface area contributed by atoms with Gasteiger partial charge in [-0.15, -0.1) is 11.3 Å². The van der Waals surface area contributed by atoms with E-state index in [2.05, 4.69) is 10.3 Å². The van der Waals surface area contributed by atoms with Crippen LogP contribution in [0.15, 0.2) is 23.6 Å². The molecule has 0 saturated heterocycles. The molecule has 2 aromatic rings. The zero-order chi connectivity index (χ0) is 13.8. The number of nitrogens with one attached hydrogen (secondary N) is 1. The molecule has 0 saturated carbocycles. The van der Waals surface area contributed by atoms with E-state index in [0.29, 0.717) is 6.42 Å². The summed E-state index contributed by atoms with van der Waals surface area (Å²) in [5, 5.41) is 14.7. The van der Waals surface area contributed by atoms with E-state index in [1.54, 1.807) is 0 Å². The molecule has 0 spiro atoms. The second-order valence-electron chi connectivity index (χ2n) is 4.43. The molecule has 5 heteroatoms. The molecule has 0 bridgehead atoms. The highest BCUT2D eigenvalue weighted by Gasteiger charge is 2.07. The molecule has 0 atom stereocenters. The van der Waals surface area contributed by atoms with Crippen LogP contribution < -0.4 is 5.32 Å². The summed E-state index contributed by atoms with van der Waals surface area (Å²) in [5.41, 5.74) is 4.23. The van der Waals surface area contributed by atoms with E-state index in [1.807, 2.05) is 37.4 Å². The van der Waals surface area contributed by atoms with Gasteiger partial charge in [-0.3, -0.25) is 4.79 Å². The van der Waals surface area contributed by atoms with Crippen molar-refractivity contribution in [3.05, 3.63) is 40.4 Å². The second-order valence-corrected chi connectivity index (χ2v) is 5.29. The minimum Gasteiger partial charge on any atom is -0.481 e. The zero-order valence-electron chi connectivity index (χ0n) is 10.9. The number of anilines is 2. The number of thiazole rings is 1. The Morgan fingerprint density at radius 3 is 2.68 bits per heavy atom. The number of carboxylic acids is 1. The molecular formula is C14H16N2O2S. The van der Waals surface area contributed by atoms with Crippen molar-refractivity contribution in [2.75, 3.05) is 5.32 Å². The van der Waals surface area contributed by atoms with Crippen LogP contribution in [0.3, 0.4) is 0 Å². The lowest BCUT2D eigenvalue weighted by Crippen LogP contribution is -1.98. The van der Waals surface area contributed by atoms with Gasteiger partial charge in [0.2, 0.25) is 0 Å². The number of benzene rings is 1. The maximum atomic E-state index is 10.5. The Morgan fingerprint density at radius 2 is 2.05 bits per heavy atom. The Hall–Kier alpha value is -1.88. The predicted octanol–water partition coefficient (Wildman–Crippen LogP) is 3.52. The van der Waals surface area contributed by atoms with Crippen LogP contribution in [-0.4, -0.2) is 16.1 Å². The first kappa shape index (κ1) is 13.5. The van der Waals surface area contributed by atoms with E-state index in [9.17, 15) is 4.79 Å². The zero-order valence-corrected chi connectivity index (χ0v) is 11.8. The summed E-state index contributed by atoms with van der Waals surface area (Å²) < 4.78 is 0. The quantitative estimate of drug-likeness (QED) is 0.877. The highest BCUT2D eigenvalue weighted by atomic mass is 32.1. The number of aliphatic carboxylic acids is 1. The Morgan fingerprint density at radius 1 is 1.37 bits per heavy atom. The number of aryl methyl sites for hydroxylation is 3. The number of rotatable bonds is 5. The van der Waals surface area contributed by atoms with E-state index < -0.39 is 5.97 Å². The third-order valence-electron chi connectivity index (χ3n) is 2.86. The van der Waals surface area contributed by atoms with Crippen molar-refractivity contribution < 1.29 is 9.90 Å². The van der Waals surface area contributed by atoms with Crippen molar-refractivity contribution in [1.82, 2.24) is 4.98 Å². The Labute approximate surface area is 116 Å². The van der Waals surface area contributed by atoms with Gasteiger partial charge in [0.15, 0.2) is 5.13 Å². The maximum Gasteiger partial charge on any atom is 0.303 e. The molecule has 0 aliphatic heterocycles. The van der Waals surface area contributed by atoms with Crippen molar-refractivity contribution in [1.29, 1.82) is 0 Å². The van der Waals surface area contributed by atoms with Gasteiger partial charge in [0.05, 0.1) is 12.1 Å². The van der Waals surface area contributed by atoms with Crippen LogP contribution in [0, 0.1) is 13.8 Å². The van der Waals surface area contributed by atoms with Crippen LogP contribution >= 0.6 is 11.3 Å². The first-order chi connectivity index (χ1) is 9.06. The molecule has 0 fully saturated rings. The molecule has 2 N–H and O–H groups in total. The van der Waals surface area contributed by atoms with Crippen LogP contribution in [0.4, 0.5) is 10.8 Å². The number of hydrogen-bond acceptors (Lipinski definition) is 4. The molecule has 1 heterocycles. The Bertz CT molecular complexity index is 573. The highest BCUT2D eigenvalue weighted by Crippen LogP contribution is 2.26. The number of carbonyl (C=O) groups is 1. The van der Waals surface area contributed by atoms with E-state index in [1.165, 1.54) is 22.5 Å². The molecule has 19 heavy (non-hydrogen) atoms. The Kier molecular flexibility index (Phi) is 4.16. The third kappa shape index (κ3) is 3.54. The Balaban J connectivity index is 2.09. The van der Waals surface area contributed by atoms with E-state index in [-0.39, 0.29) is 6.42 Å². The molecule has 0 unspecified atom stereocenters. The largest absolute Gasteiger partial charge is 0.481 e. The molecule has 100 valence electrons. The van der Waals surface area contributed by atoms with Gasteiger partial charge in [-0.1, -0.05) is 18.2 Å². The van der Waals surface area contributed by atoms with Crippen LogP contribution in [0.5, 0.6) is 0 Å². The first-order valence-corrected chi connectivity index (χ1v) is 6.93. The number of nitrogens with zero attached hydrogens (tertiary/aromatic N) is 1. The van der Waals surface area contributed by atoms with Crippen molar-refractivity contribution in [3.8, 4) is 0 Å². The minimum atomic E-state index is -0.794. The van der Waals surface area contributed by atoms with Crippen molar-refractivity contribution in [2.45, 2.75) is 26.7 Å². The smallest absolute Gasteiger partial charge is 0.303 e. The van der Waals surface area contributed by atoms with Gasteiger partial charge in [0, 0.05) is 17.5 Å². The van der Waals surface area contributed by atoms with Crippen molar-refractivity contribution in [2.24, 2.45) is 0 Å². The summed E-state index contributed by atoms with van der Waals surface area (Å²) in [6, 6.07) is 6.12. The predicted molar refractivity (Wildman–Crippen MR) is 77.3 cm³/mol. The lowest BCUT2D eigenvalue weighted by atomic mass is 10.1. The summed E-state index contributed by atoms with van der Waals surface area (Å²) in [7, 11) is 0. The van der Waals surface area contributed by atoms with Crippen LogP contribution in [-0.2, 0) is 11.2 Å². The number of carboxylic acid groups (broad SMARTS) is 1. The molecular weight excluding hydrogens is 260 g/mol. The van der Waals surface area contributed by atoms with Gasteiger partial charge in [-0.2, -0.15) is 0 Å². The fraction of sp³-hybridized carbons (Fsp3) is 0.286. The minimum absolute atomic E-state index is 0.118. The summed E-state index contributed by atoms with van der Waals surface area (Å²) in [6.07, 6.45) is 0.590. The van der Waals surface area contributed by atoms with Crippen molar-refractivity contribution in [3.63, 3.8) is 0 Å². The van der Waals surface area contributed by atoms with E-state index >= 15 is 0 Å². The summed E-state index contributed by atoms with van der Waals surface area (Å²) in [6.45, 7) is 4.10. The SMILES string of the molecule is Cc1cccc(C)c1Nc1nc(CCC(=O)O)cs1. The number of hydrogen-bond donors (Lipinski definition) is 2. The fourth-order valence-corrected chi connectivity index (χ4v) is 2.58. The topological polar surface area (TPSA) is 62.2 Å². The number of aromatic nitrogens is 1. The average Bonchev–Trinajstić information content (AvgIpc) is 2.79. The molecule has 0 aliphatic rings. The molecule has 1 aromatic heterocycles. The van der Waals surface area contributed by atoms with Crippen LogP contribution in [0.1, 0.15) is 23.2 Å². The molecule has 2 rings (SSSR count). The molecule has 0 amide bonds. The van der Waals surface area contributed by atoms with Crippen molar-refractivity contribution >= 4 is 28.1 Å². The second kappa shape index (κ2) is 5.84. The van der Waals surface area contributed by atoms with Gasteiger partial charge in [-0.25, -0.2) is 4.98 Å². The third-order valence-corrected chi connectivity index (χ3v) is 3.67. The standard InChI is InChI=1S/C14H16N2O2S/c1-9-4-3-5-10(2)13(9)16-14-15-11(8-19-14)6-7-12(17)18/h3-5,8H,6-7H2,1-2H3,(H,15,16)(H,17,18). The van der Waals surface area contributed by atoms with Gasteiger partial charge >= 0.3 is 5.97 Å². The summed E-state index contributed by atoms with van der Waals surface area (Å²) in [5.74, 6) is -0.794.